The number of amides is 1. The maximum atomic E-state index is 13.7. The second-order valence-corrected chi connectivity index (χ2v) is 8.82. The van der Waals surface area contributed by atoms with Gasteiger partial charge in [-0.05, 0) is 57.5 Å². The summed E-state index contributed by atoms with van der Waals surface area (Å²) in [6, 6.07) is 1.86. The van der Waals surface area contributed by atoms with Crippen LogP contribution >= 0.6 is 0 Å². The number of fused-ring (bicyclic) bond motifs is 3. The van der Waals surface area contributed by atoms with Gasteiger partial charge in [0.05, 0.1) is 11.6 Å². The molecule has 0 unspecified atom stereocenters. The Hall–Kier alpha value is -3.61. The average Bonchev–Trinajstić information content (AvgIpc) is 2.72. The number of ketones is 2. The number of hydrogen-bond acceptors (Lipinski definition) is 8. The van der Waals surface area contributed by atoms with E-state index in [0.29, 0.717) is 11.1 Å². The van der Waals surface area contributed by atoms with E-state index in [1.165, 1.54) is 11.0 Å². The third-order valence-corrected chi connectivity index (χ3v) is 6.86. The number of likely N-dealkylation sites (N-methyl/N-ethyl adjacent to an activating group) is 1. The molecule has 1 fully saturated rings. The fourth-order valence-corrected chi connectivity index (χ4v) is 5.50. The molecule has 6 N–H and O–H groups in total. The molecular formula is C24H24N2O7. The first-order valence-electron chi connectivity index (χ1n) is 10.4. The Morgan fingerprint density at radius 2 is 1.88 bits per heavy atom. The van der Waals surface area contributed by atoms with Gasteiger partial charge in [0.2, 0.25) is 5.78 Å². The molecule has 3 aliphatic rings. The number of phenols is 1. The molecule has 0 radical (unpaired) electrons. The van der Waals surface area contributed by atoms with E-state index in [1.807, 2.05) is 0 Å². The summed E-state index contributed by atoms with van der Waals surface area (Å²) in [5, 5.41) is 43.8. The third kappa shape index (κ3) is 2.91. The summed E-state index contributed by atoms with van der Waals surface area (Å²) < 4.78 is 0. The minimum absolute atomic E-state index is 0.0338. The zero-order chi connectivity index (χ0) is 24.4. The number of nitrogens with two attached hydrogens (primary N) is 1. The largest absolute Gasteiger partial charge is 0.508 e. The number of aliphatic hydroxyl groups excluding tert-OH is 2. The predicted molar refractivity (Wildman–Crippen MR) is 117 cm³/mol. The van der Waals surface area contributed by atoms with Gasteiger partial charge < -0.3 is 26.2 Å². The van der Waals surface area contributed by atoms with Crippen molar-refractivity contribution in [2.24, 2.45) is 17.6 Å². The lowest BCUT2D eigenvalue weighted by Crippen LogP contribution is -2.65. The molecule has 4 atom stereocenters. The molecule has 33 heavy (non-hydrogen) atoms. The molecule has 172 valence electrons. The molecule has 1 amide bonds. The normalized spacial score (nSPS) is 28.7. The Bertz CT molecular complexity index is 1250. The molecule has 0 spiro atoms. The van der Waals surface area contributed by atoms with E-state index in [-0.39, 0.29) is 29.7 Å². The number of rotatable bonds is 2. The number of primary amides is 1. The quantitative estimate of drug-likeness (QED) is 0.317. The van der Waals surface area contributed by atoms with E-state index in [0.717, 1.165) is 0 Å². The Morgan fingerprint density at radius 3 is 2.45 bits per heavy atom. The van der Waals surface area contributed by atoms with Crippen molar-refractivity contribution in [1.29, 1.82) is 0 Å². The summed E-state index contributed by atoms with van der Waals surface area (Å²) in [5.74, 6) is -0.991. The van der Waals surface area contributed by atoms with Crippen LogP contribution in [0.1, 0.15) is 30.0 Å². The third-order valence-electron chi connectivity index (χ3n) is 6.86. The summed E-state index contributed by atoms with van der Waals surface area (Å²) in [6.45, 7) is 1.65. The molecule has 9 nitrogen and oxygen atoms in total. The highest BCUT2D eigenvalue weighted by atomic mass is 16.3. The van der Waals surface area contributed by atoms with Crippen molar-refractivity contribution < 1.29 is 34.8 Å². The molecule has 0 aliphatic heterocycles. The van der Waals surface area contributed by atoms with Crippen molar-refractivity contribution in [2.75, 3.05) is 14.1 Å². The van der Waals surface area contributed by atoms with Crippen molar-refractivity contribution in [2.45, 2.75) is 31.4 Å². The Morgan fingerprint density at radius 1 is 1.21 bits per heavy atom. The van der Waals surface area contributed by atoms with Gasteiger partial charge in [-0.2, -0.15) is 0 Å². The standard InChI is InChI=1S/C24H24N2O7/c1-4-5-10-6-7-14(27)16-12(10)8-11-9-13-18(26(2)3)20(29)17(23(25)32)22(31)24(13,33)21(30)15(11)19(16)28/h6-7,11,13,18,27-28,31,33H,8-9H2,1-3H3,(H2,25,32)/t11-,13-,18+,24-/m0/s1. The number of aliphatic hydroxyl groups is 3. The summed E-state index contributed by atoms with van der Waals surface area (Å²) in [6.07, 6.45) is 0.257. The monoisotopic (exact) mass is 452 g/mol. The molecule has 0 bridgehead atoms. The molecule has 1 aromatic carbocycles. The first-order chi connectivity index (χ1) is 15.5. The second-order valence-electron chi connectivity index (χ2n) is 8.82. The molecular weight excluding hydrogens is 428 g/mol. The maximum Gasteiger partial charge on any atom is 0.255 e. The van der Waals surface area contributed by atoms with Gasteiger partial charge in [-0.25, -0.2) is 0 Å². The van der Waals surface area contributed by atoms with E-state index in [2.05, 4.69) is 11.8 Å². The number of carbonyl (C=O) groups is 3. The highest BCUT2D eigenvalue weighted by molar-refractivity contribution is 6.24. The molecule has 9 heteroatoms. The van der Waals surface area contributed by atoms with Crippen LogP contribution in [0.2, 0.25) is 0 Å². The lowest BCUT2D eigenvalue weighted by molar-refractivity contribution is -0.153. The zero-order valence-corrected chi connectivity index (χ0v) is 18.3. The van der Waals surface area contributed by atoms with Crippen LogP contribution in [0.3, 0.4) is 0 Å². The number of benzene rings is 1. The number of hydrogen-bond donors (Lipinski definition) is 5. The molecule has 1 saturated carbocycles. The number of carbonyl (C=O) groups excluding carboxylic acids is 3. The fourth-order valence-electron chi connectivity index (χ4n) is 5.50. The number of Topliss-reactive ketones (excluding diaryl/α,β-unsaturated/α-hetero) is 2. The molecule has 4 rings (SSSR count). The topological polar surface area (TPSA) is 161 Å². The lowest BCUT2D eigenvalue weighted by Gasteiger charge is -2.50. The van der Waals surface area contributed by atoms with Gasteiger partial charge in [-0.15, -0.1) is 5.92 Å². The van der Waals surface area contributed by atoms with Gasteiger partial charge >= 0.3 is 0 Å². The van der Waals surface area contributed by atoms with E-state index >= 15 is 0 Å². The smallest absolute Gasteiger partial charge is 0.255 e. The maximum absolute atomic E-state index is 13.7. The minimum atomic E-state index is -2.64. The average molecular weight is 452 g/mol. The first-order valence-corrected chi connectivity index (χ1v) is 10.4. The minimum Gasteiger partial charge on any atom is -0.508 e. The highest BCUT2D eigenvalue weighted by Crippen LogP contribution is 2.52. The summed E-state index contributed by atoms with van der Waals surface area (Å²) >= 11 is 0. The van der Waals surface area contributed by atoms with Crippen LogP contribution in [0.4, 0.5) is 0 Å². The van der Waals surface area contributed by atoms with E-state index in [9.17, 15) is 34.8 Å². The van der Waals surface area contributed by atoms with Crippen molar-refractivity contribution in [3.05, 3.63) is 45.7 Å². The summed E-state index contributed by atoms with van der Waals surface area (Å²) in [7, 11) is 3.11. The Kier molecular flexibility index (Phi) is 5.11. The van der Waals surface area contributed by atoms with Crippen LogP contribution in [0.15, 0.2) is 29.0 Å². The van der Waals surface area contributed by atoms with Crippen LogP contribution in [-0.4, -0.2) is 68.5 Å². The van der Waals surface area contributed by atoms with Gasteiger partial charge in [-0.3, -0.25) is 19.3 Å². The second kappa shape index (κ2) is 7.47. The number of nitrogens with zero attached hydrogens (tertiary/aromatic N) is 1. The van der Waals surface area contributed by atoms with Crippen LogP contribution < -0.4 is 5.73 Å². The van der Waals surface area contributed by atoms with Gasteiger partial charge in [0.25, 0.3) is 5.91 Å². The Labute approximate surface area is 189 Å². The lowest BCUT2D eigenvalue weighted by atomic mass is 9.57. The molecule has 1 aromatic rings. The summed E-state index contributed by atoms with van der Waals surface area (Å²) in [5.41, 5.74) is 2.81. The predicted octanol–water partition coefficient (Wildman–Crippen LogP) is 0.335. The highest BCUT2D eigenvalue weighted by Gasteiger charge is 2.64. The van der Waals surface area contributed by atoms with Crippen molar-refractivity contribution >= 4 is 23.2 Å². The Balaban J connectivity index is 2.00. The fraction of sp³-hybridized carbons (Fsp3) is 0.375. The van der Waals surface area contributed by atoms with Gasteiger partial charge in [0.15, 0.2) is 11.4 Å². The number of phenolic OH excluding ortho intramolecular Hbond substituents is 1. The molecule has 0 saturated heterocycles. The van der Waals surface area contributed by atoms with Crippen molar-refractivity contribution in [3.63, 3.8) is 0 Å². The van der Waals surface area contributed by atoms with Gasteiger partial charge in [-0.1, -0.05) is 5.92 Å². The van der Waals surface area contributed by atoms with E-state index in [4.69, 9.17) is 5.73 Å². The first kappa shape index (κ1) is 22.6. The van der Waals surface area contributed by atoms with Crippen LogP contribution in [-0.2, 0) is 20.8 Å². The van der Waals surface area contributed by atoms with Gasteiger partial charge in [0.1, 0.15) is 22.8 Å². The van der Waals surface area contributed by atoms with E-state index < -0.39 is 58.0 Å². The van der Waals surface area contributed by atoms with E-state index in [1.54, 1.807) is 27.1 Å². The van der Waals surface area contributed by atoms with Crippen LogP contribution in [0, 0.1) is 23.7 Å². The zero-order valence-electron chi connectivity index (χ0n) is 18.3. The van der Waals surface area contributed by atoms with Gasteiger partial charge in [0, 0.05) is 17.1 Å². The molecule has 0 heterocycles. The van der Waals surface area contributed by atoms with Crippen molar-refractivity contribution in [3.8, 4) is 17.6 Å². The number of aromatic hydroxyl groups is 1. The van der Waals surface area contributed by atoms with Crippen molar-refractivity contribution in [1.82, 2.24) is 4.90 Å². The van der Waals surface area contributed by atoms with Crippen LogP contribution in [0.5, 0.6) is 5.75 Å². The molecule has 3 aliphatic carbocycles. The molecule has 0 aromatic heterocycles. The van der Waals surface area contributed by atoms with Crippen LogP contribution in [0.25, 0.3) is 5.76 Å². The SMILES string of the molecule is CC#Cc1ccc(O)c2c1C[C@H]1C[C@H]3[C@@H](N(C)C)C(=O)C(C(N)=O)=C(O)[C@@]3(O)C(=O)C1=C2O. The summed E-state index contributed by atoms with van der Waals surface area (Å²) in [4.78, 5) is 40.1.